The Bertz CT molecular complexity index is 862. The zero-order chi connectivity index (χ0) is 25.4. The molecule has 1 aliphatic rings. The van der Waals surface area contributed by atoms with Gasteiger partial charge in [-0.05, 0) is 32.9 Å². The number of hydrogen-bond donors (Lipinski definition) is 2. The second-order valence-electron chi connectivity index (χ2n) is 9.05. The van der Waals surface area contributed by atoms with Crippen molar-refractivity contribution in [3.8, 4) is 5.75 Å². The molecule has 4 amide bonds. The van der Waals surface area contributed by atoms with E-state index in [2.05, 4.69) is 10.6 Å². The largest absolute Gasteiger partial charge is 0.491 e. The van der Waals surface area contributed by atoms with Crippen molar-refractivity contribution < 1.29 is 28.6 Å². The van der Waals surface area contributed by atoms with E-state index in [4.69, 9.17) is 14.2 Å². The van der Waals surface area contributed by atoms with E-state index in [1.165, 1.54) is 7.11 Å². The molecule has 0 fully saturated rings. The first kappa shape index (κ1) is 27.4. The molecule has 0 aliphatic carbocycles. The van der Waals surface area contributed by atoms with Crippen LogP contribution in [0, 0.1) is 5.92 Å². The maximum atomic E-state index is 13.2. The smallest absolute Gasteiger partial charge is 0.317 e. The van der Waals surface area contributed by atoms with Gasteiger partial charge < -0.3 is 34.6 Å². The number of carbonyl (C=O) groups is 3. The number of ether oxygens (including phenoxy) is 3. The van der Waals surface area contributed by atoms with E-state index in [1.807, 2.05) is 27.7 Å². The molecule has 34 heavy (non-hydrogen) atoms. The van der Waals surface area contributed by atoms with Gasteiger partial charge in [0, 0.05) is 58.1 Å². The second kappa shape index (κ2) is 12.6. The third-order valence-corrected chi connectivity index (χ3v) is 5.68. The number of likely N-dealkylation sites (N-methyl/N-ethyl adjacent to an activating group) is 1. The van der Waals surface area contributed by atoms with Crippen molar-refractivity contribution in [2.75, 3.05) is 52.9 Å². The van der Waals surface area contributed by atoms with E-state index >= 15 is 0 Å². The lowest BCUT2D eigenvalue weighted by Crippen LogP contribution is -2.52. The molecule has 1 aromatic carbocycles. The summed E-state index contributed by atoms with van der Waals surface area (Å²) in [6.45, 7) is 8.57. The fourth-order valence-corrected chi connectivity index (χ4v) is 3.79. The molecule has 0 bridgehead atoms. The standard InChI is InChI=1S/C24H38N4O6/c1-15(2)25-24(31)28-11-16(3)21(33-7)12-27(5)23(30)19-9-8-18(26-22(29)14-32-6)10-20(19)34-13-17(28)4/h8-10,15-17,21H,11-14H2,1-7H3,(H,25,31)(H,26,29)/t16-,17-,21-/m1/s1. The van der Waals surface area contributed by atoms with Gasteiger partial charge >= 0.3 is 6.03 Å². The molecule has 10 heteroatoms. The summed E-state index contributed by atoms with van der Waals surface area (Å²) in [6, 6.07) is 4.40. The Morgan fingerprint density at radius 2 is 1.91 bits per heavy atom. The first-order valence-corrected chi connectivity index (χ1v) is 11.5. The van der Waals surface area contributed by atoms with Crippen LogP contribution in [0.25, 0.3) is 0 Å². The third kappa shape index (κ3) is 7.33. The number of nitrogens with one attached hydrogen (secondary N) is 2. The van der Waals surface area contributed by atoms with Crippen LogP contribution in [-0.4, -0.2) is 93.4 Å². The number of fused-ring (bicyclic) bond motifs is 1. The molecule has 3 atom stereocenters. The highest BCUT2D eigenvalue weighted by atomic mass is 16.5. The van der Waals surface area contributed by atoms with Gasteiger partial charge in [0.2, 0.25) is 5.91 Å². The topological polar surface area (TPSA) is 109 Å². The van der Waals surface area contributed by atoms with Crippen molar-refractivity contribution in [3.63, 3.8) is 0 Å². The molecule has 0 aromatic heterocycles. The number of carbonyl (C=O) groups excluding carboxylic acids is 3. The van der Waals surface area contributed by atoms with Crippen molar-refractivity contribution in [2.45, 2.75) is 45.9 Å². The van der Waals surface area contributed by atoms with Gasteiger partial charge in [0.05, 0.1) is 17.7 Å². The summed E-state index contributed by atoms with van der Waals surface area (Å²) in [4.78, 5) is 41.5. The summed E-state index contributed by atoms with van der Waals surface area (Å²) in [6.07, 6.45) is -0.271. The fraction of sp³-hybridized carbons (Fsp3) is 0.625. The molecular formula is C24H38N4O6. The Hall–Kier alpha value is -2.85. The highest BCUT2D eigenvalue weighted by molar-refractivity contribution is 5.98. The second-order valence-corrected chi connectivity index (χ2v) is 9.05. The lowest BCUT2D eigenvalue weighted by Gasteiger charge is -2.36. The minimum absolute atomic E-state index is 0.0155. The zero-order valence-electron chi connectivity index (χ0n) is 21.2. The fourth-order valence-electron chi connectivity index (χ4n) is 3.79. The molecule has 2 N–H and O–H groups in total. The maximum absolute atomic E-state index is 13.2. The van der Waals surface area contributed by atoms with Gasteiger partial charge in [-0.1, -0.05) is 6.92 Å². The summed E-state index contributed by atoms with van der Waals surface area (Å²) in [5.74, 6) is -0.244. The molecule has 1 heterocycles. The van der Waals surface area contributed by atoms with Crippen molar-refractivity contribution in [3.05, 3.63) is 23.8 Å². The van der Waals surface area contributed by atoms with Crippen molar-refractivity contribution >= 4 is 23.5 Å². The summed E-state index contributed by atoms with van der Waals surface area (Å²) < 4.78 is 16.6. The van der Waals surface area contributed by atoms with Gasteiger partial charge in [0.1, 0.15) is 19.0 Å². The lowest BCUT2D eigenvalue weighted by molar-refractivity contribution is -0.119. The Morgan fingerprint density at radius 1 is 1.21 bits per heavy atom. The van der Waals surface area contributed by atoms with E-state index in [-0.39, 0.29) is 55.2 Å². The molecule has 10 nitrogen and oxygen atoms in total. The average molecular weight is 479 g/mol. The zero-order valence-corrected chi connectivity index (χ0v) is 21.2. The first-order chi connectivity index (χ1) is 16.1. The lowest BCUT2D eigenvalue weighted by atomic mass is 10.0. The molecule has 0 radical (unpaired) electrons. The molecule has 0 unspecified atom stereocenters. The van der Waals surface area contributed by atoms with E-state index in [1.54, 1.807) is 42.2 Å². The average Bonchev–Trinajstić information content (AvgIpc) is 2.77. The van der Waals surface area contributed by atoms with Crippen LogP contribution in [-0.2, 0) is 14.3 Å². The van der Waals surface area contributed by atoms with Crippen LogP contribution >= 0.6 is 0 Å². The van der Waals surface area contributed by atoms with Gasteiger partial charge in [-0.15, -0.1) is 0 Å². The number of urea groups is 1. The predicted octanol–water partition coefficient (Wildman–Crippen LogP) is 2.20. The molecule has 0 saturated carbocycles. The van der Waals surface area contributed by atoms with Gasteiger partial charge in [0.15, 0.2) is 0 Å². The quantitative estimate of drug-likeness (QED) is 0.672. The Morgan fingerprint density at radius 3 is 2.53 bits per heavy atom. The van der Waals surface area contributed by atoms with Crippen molar-refractivity contribution in [1.29, 1.82) is 0 Å². The molecule has 1 aromatic rings. The van der Waals surface area contributed by atoms with Crippen LogP contribution in [0.15, 0.2) is 18.2 Å². The maximum Gasteiger partial charge on any atom is 0.317 e. The van der Waals surface area contributed by atoms with Gasteiger partial charge in [-0.2, -0.15) is 0 Å². The van der Waals surface area contributed by atoms with E-state index in [9.17, 15) is 14.4 Å². The van der Waals surface area contributed by atoms with Crippen LogP contribution in [0.5, 0.6) is 5.75 Å². The van der Waals surface area contributed by atoms with E-state index < -0.39 is 0 Å². The molecule has 190 valence electrons. The van der Waals surface area contributed by atoms with Crippen LogP contribution in [0.4, 0.5) is 10.5 Å². The number of rotatable bonds is 5. The Kier molecular flexibility index (Phi) is 10.1. The van der Waals surface area contributed by atoms with Gasteiger partial charge in [-0.3, -0.25) is 9.59 Å². The highest BCUT2D eigenvalue weighted by Crippen LogP contribution is 2.27. The van der Waals surface area contributed by atoms with Crippen molar-refractivity contribution in [1.82, 2.24) is 15.1 Å². The number of hydrogen-bond acceptors (Lipinski definition) is 6. The molecule has 1 aliphatic heterocycles. The Balaban J connectivity index is 2.42. The van der Waals surface area contributed by atoms with Gasteiger partial charge in [-0.25, -0.2) is 4.79 Å². The monoisotopic (exact) mass is 478 g/mol. The van der Waals surface area contributed by atoms with Crippen LogP contribution in [0.3, 0.4) is 0 Å². The first-order valence-electron chi connectivity index (χ1n) is 11.5. The summed E-state index contributed by atoms with van der Waals surface area (Å²) in [7, 11) is 4.75. The molecule has 0 spiro atoms. The number of benzene rings is 1. The number of amides is 4. The van der Waals surface area contributed by atoms with E-state index in [0.29, 0.717) is 30.1 Å². The Labute approximate surface area is 201 Å². The SMILES string of the molecule is COCC(=O)Nc1ccc2c(c1)OC[C@@H](C)N(C(=O)NC(C)C)C[C@@H](C)[C@H](OC)CN(C)C2=O. The van der Waals surface area contributed by atoms with Crippen LogP contribution < -0.4 is 15.4 Å². The third-order valence-electron chi connectivity index (χ3n) is 5.68. The van der Waals surface area contributed by atoms with E-state index in [0.717, 1.165) is 0 Å². The summed E-state index contributed by atoms with van der Waals surface area (Å²) >= 11 is 0. The molecule has 0 saturated heterocycles. The van der Waals surface area contributed by atoms with Crippen LogP contribution in [0.1, 0.15) is 38.1 Å². The summed E-state index contributed by atoms with van der Waals surface area (Å²) in [5.41, 5.74) is 0.842. The minimum atomic E-state index is -0.319. The normalized spacial score (nSPS) is 21.8. The van der Waals surface area contributed by atoms with Crippen LogP contribution in [0.2, 0.25) is 0 Å². The summed E-state index contributed by atoms with van der Waals surface area (Å²) in [5, 5.41) is 5.68. The highest BCUT2D eigenvalue weighted by Gasteiger charge is 2.30. The van der Waals surface area contributed by atoms with Crippen molar-refractivity contribution in [2.24, 2.45) is 5.92 Å². The number of nitrogens with zero attached hydrogens (tertiary/aromatic N) is 2. The predicted molar refractivity (Wildman–Crippen MR) is 129 cm³/mol. The number of methoxy groups -OCH3 is 2. The molecular weight excluding hydrogens is 440 g/mol. The molecule has 2 rings (SSSR count). The minimum Gasteiger partial charge on any atom is -0.491 e. The van der Waals surface area contributed by atoms with Gasteiger partial charge in [0.25, 0.3) is 5.91 Å². The number of anilines is 1.